The molecule has 1 rings (SSSR count). The quantitative estimate of drug-likeness (QED) is 0.730. The third kappa shape index (κ3) is 3.68. The first-order valence-corrected chi connectivity index (χ1v) is 6.77. The predicted molar refractivity (Wildman–Crippen MR) is 68.7 cm³/mol. The fourth-order valence-corrected chi connectivity index (χ4v) is 2.45. The molecule has 4 nitrogen and oxygen atoms in total. The number of carbonyl (C=O) groups excluding carboxylic acids is 1. The molecule has 0 aromatic heterocycles. The molecule has 1 aliphatic rings. The van der Waals surface area contributed by atoms with Gasteiger partial charge >= 0.3 is 0 Å². The van der Waals surface area contributed by atoms with Gasteiger partial charge in [-0.25, -0.2) is 0 Å². The van der Waals surface area contributed by atoms with E-state index in [1.165, 1.54) is 0 Å². The van der Waals surface area contributed by atoms with E-state index in [2.05, 4.69) is 19.2 Å². The van der Waals surface area contributed by atoms with Crippen LogP contribution in [0.15, 0.2) is 0 Å². The molecule has 1 unspecified atom stereocenters. The number of carbonyl (C=O) groups is 1. The lowest BCUT2D eigenvalue weighted by Gasteiger charge is -2.29. The summed E-state index contributed by atoms with van der Waals surface area (Å²) in [6, 6.07) is -0.0572. The van der Waals surface area contributed by atoms with Crippen molar-refractivity contribution in [3.05, 3.63) is 0 Å². The highest BCUT2D eigenvalue weighted by Gasteiger charge is 2.33. The van der Waals surface area contributed by atoms with E-state index in [0.717, 1.165) is 25.7 Å². The van der Waals surface area contributed by atoms with E-state index < -0.39 is 6.10 Å². The summed E-state index contributed by atoms with van der Waals surface area (Å²) in [5.74, 6) is 0.307. The molecule has 1 aliphatic heterocycles. The summed E-state index contributed by atoms with van der Waals surface area (Å²) in [7, 11) is 1.82. The first-order chi connectivity index (χ1) is 8.11. The minimum absolute atomic E-state index is 0.0572. The van der Waals surface area contributed by atoms with Crippen molar-refractivity contribution in [3.8, 4) is 0 Å². The van der Waals surface area contributed by atoms with Crippen LogP contribution in [-0.4, -0.2) is 48.2 Å². The highest BCUT2D eigenvalue weighted by molar-refractivity contribution is 5.79. The van der Waals surface area contributed by atoms with Gasteiger partial charge in [0.2, 0.25) is 5.91 Å². The van der Waals surface area contributed by atoms with Crippen LogP contribution in [0.25, 0.3) is 0 Å². The second kappa shape index (κ2) is 6.97. The van der Waals surface area contributed by atoms with Gasteiger partial charge in [-0.1, -0.05) is 26.7 Å². The van der Waals surface area contributed by atoms with E-state index in [0.29, 0.717) is 13.1 Å². The average Bonchev–Trinajstić information content (AvgIpc) is 2.75. The van der Waals surface area contributed by atoms with Crippen LogP contribution in [-0.2, 0) is 4.79 Å². The Kier molecular flexibility index (Phi) is 5.92. The first kappa shape index (κ1) is 14.5. The summed E-state index contributed by atoms with van der Waals surface area (Å²) in [6.45, 7) is 5.50. The molecule has 3 atom stereocenters. The second-order valence-corrected chi connectivity index (χ2v) is 4.99. The Bertz CT molecular complexity index is 246. The van der Waals surface area contributed by atoms with Crippen LogP contribution >= 0.6 is 0 Å². The molecule has 0 bridgehead atoms. The molecule has 0 aromatic carbocycles. The molecule has 1 fully saturated rings. The van der Waals surface area contributed by atoms with Gasteiger partial charge in [0.05, 0.1) is 12.1 Å². The van der Waals surface area contributed by atoms with E-state index in [4.69, 9.17) is 0 Å². The van der Waals surface area contributed by atoms with Crippen LogP contribution in [0, 0.1) is 5.92 Å². The lowest BCUT2D eigenvalue weighted by atomic mass is 9.97. The number of aliphatic hydroxyl groups excluding tert-OH is 1. The van der Waals surface area contributed by atoms with Crippen molar-refractivity contribution in [2.75, 3.05) is 20.1 Å². The fraction of sp³-hybridized carbons (Fsp3) is 0.923. The third-order valence-corrected chi connectivity index (χ3v) is 3.74. The molecule has 0 aromatic rings. The summed E-state index contributed by atoms with van der Waals surface area (Å²) in [5, 5.41) is 12.9. The van der Waals surface area contributed by atoms with Crippen molar-refractivity contribution in [1.82, 2.24) is 10.2 Å². The number of aliphatic hydroxyl groups is 1. The summed E-state index contributed by atoms with van der Waals surface area (Å²) in [4.78, 5) is 14.0. The lowest BCUT2D eigenvalue weighted by Crippen LogP contribution is -2.46. The molecule has 100 valence electrons. The van der Waals surface area contributed by atoms with Crippen molar-refractivity contribution in [2.24, 2.45) is 5.92 Å². The van der Waals surface area contributed by atoms with E-state index in [1.807, 2.05) is 7.05 Å². The number of β-amino-alcohol motifs (C(OH)–C–C–N with tert-alkyl or cyclic N) is 1. The van der Waals surface area contributed by atoms with Gasteiger partial charge in [-0.3, -0.25) is 4.79 Å². The van der Waals surface area contributed by atoms with Crippen LogP contribution in [0.5, 0.6) is 0 Å². The van der Waals surface area contributed by atoms with Crippen LogP contribution in [0.2, 0.25) is 0 Å². The smallest absolute Gasteiger partial charge is 0.225 e. The molecule has 2 N–H and O–H groups in total. The normalized spacial score (nSPS) is 25.9. The number of hydrogen-bond acceptors (Lipinski definition) is 3. The van der Waals surface area contributed by atoms with Gasteiger partial charge in [-0.05, 0) is 12.8 Å². The number of unbranched alkanes of at least 4 members (excludes halogenated alkanes) is 1. The molecule has 0 spiro atoms. The maximum absolute atomic E-state index is 12.3. The lowest BCUT2D eigenvalue weighted by molar-refractivity contribution is -0.138. The zero-order valence-corrected chi connectivity index (χ0v) is 11.3. The molecule has 0 radical (unpaired) electrons. The molecular weight excluding hydrogens is 216 g/mol. The van der Waals surface area contributed by atoms with Crippen molar-refractivity contribution < 1.29 is 9.90 Å². The molecular formula is C13H26N2O2. The van der Waals surface area contributed by atoms with Gasteiger partial charge in [-0.2, -0.15) is 0 Å². The maximum Gasteiger partial charge on any atom is 0.225 e. The Morgan fingerprint density at radius 3 is 2.65 bits per heavy atom. The molecule has 4 heteroatoms. The Morgan fingerprint density at radius 2 is 2.18 bits per heavy atom. The Labute approximate surface area is 104 Å². The monoisotopic (exact) mass is 242 g/mol. The summed E-state index contributed by atoms with van der Waals surface area (Å²) >= 11 is 0. The van der Waals surface area contributed by atoms with Gasteiger partial charge in [-0.15, -0.1) is 0 Å². The van der Waals surface area contributed by atoms with Crippen LogP contribution in [0.1, 0.15) is 39.5 Å². The minimum Gasteiger partial charge on any atom is -0.390 e. The highest BCUT2D eigenvalue weighted by Crippen LogP contribution is 2.18. The van der Waals surface area contributed by atoms with Crippen molar-refractivity contribution >= 4 is 5.91 Å². The number of amides is 1. The van der Waals surface area contributed by atoms with Crippen molar-refractivity contribution in [1.29, 1.82) is 0 Å². The number of nitrogens with zero attached hydrogens (tertiary/aromatic N) is 1. The number of rotatable bonds is 6. The van der Waals surface area contributed by atoms with Crippen LogP contribution in [0.3, 0.4) is 0 Å². The first-order valence-electron chi connectivity index (χ1n) is 6.77. The van der Waals surface area contributed by atoms with Crippen LogP contribution < -0.4 is 5.32 Å². The fourth-order valence-electron chi connectivity index (χ4n) is 2.45. The molecule has 1 saturated heterocycles. The minimum atomic E-state index is -0.423. The Balaban J connectivity index is 2.53. The molecule has 0 saturated carbocycles. The standard InChI is InChI=1S/C13H26N2O2/c1-4-6-7-10(5-2)13(17)15(3)11-8-14-9-12(11)16/h10-12,14,16H,4-9H2,1-3H3/t10?,11-,12-/m1/s1. The van der Waals surface area contributed by atoms with E-state index in [9.17, 15) is 9.90 Å². The predicted octanol–water partition coefficient (Wildman–Crippen LogP) is 0.994. The van der Waals surface area contributed by atoms with Gasteiger partial charge in [0, 0.05) is 26.1 Å². The second-order valence-electron chi connectivity index (χ2n) is 4.99. The third-order valence-electron chi connectivity index (χ3n) is 3.74. The number of hydrogen-bond donors (Lipinski definition) is 2. The summed E-state index contributed by atoms with van der Waals surface area (Å²) in [5.41, 5.74) is 0. The van der Waals surface area contributed by atoms with Gasteiger partial charge in [0.25, 0.3) is 0 Å². The average molecular weight is 242 g/mol. The molecule has 1 amide bonds. The number of nitrogens with one attached hydrogen (secondary N) is 1. The zero-order chi connectivity index (χ0) is 12.8. The zero-order valence-electron chi connectivity index (χ0n) is 11.3. The maximum atomic E-state index is 12.3. The highest BCUT2D eigenvalue weighted by atomic mass is 16.3. The van der Waals surface area contributed by atoms with Gasteiger partial charge < -0.3 is 15.3 Å². The number of likely N-dealkylation sites (N-methyl/N-ethyl adjacent to an activating group) is 1. The van der Waals surface area contributed by atoms with Crippen molar-refractivity contribution in [2.45, 2.75) is 51.7 Å². The van der Waals surface area contributed by atoms with Gasteiger partial charge in [0.1, 0.15) is 0 Å². The Hall–Kier alpha value is -0.610. The molecule has 1 heterocycles. The van der Waals surface area contributed by atoms with Gasteiger partial charge in [0.15, 0.2) is 0 Å². The topological polar surface area (TPSA) is 52.6 Å². The van der Waals surface area contributed by atoms with Crippen molar-refractivity contribution in [3.63, 3.8) is 0 Å². The molecule has 0 aliphatic carbocycles. The summed E-state index contributed by atoms with van der Waals surface area (Å²) in [6.07, 6.45) is 3.66. The van der Waals surface area contributed by atoms with E-state index in [1.54, 1.807) is 4.90 Å². The van der Waals surface area contributed by atoms with Crippen LogP contribution in [0.4, 0.5) is 0 Å². The largest absolute Gasteiger partial charge is 0.390 e. The molecule has 17 heavy (non-hydrogen) atoms. The Morgan fingerprint density at radius 1 is 1.47 bits per heavy atom. The summed E-state index contributed by atoms with van der Waals surface area (Å²) < 4.78 is 0. The SMILES string of the molecule is CCCCC(CC)C(=O)N(C)[C@@H]1CNC[C@H]1O. The van der Waals surface area contributed by atoms with E-state index >= 15 is 0 Å². The van der Waals surface area contributed by atoms with E-state index in [-0.39, 0.29) is 17.9 Å².